The fourth-order valence-electron chi connectivity index (χ4n) is 4.59. The van der Waals surface area contributed by atoms with E-state index in [0.717, 1.165) is 4.90 Å². The van der Waals surface area contributed by atoms with Gasteiger partial charge < -0.3 is 20.1 Å². The highest BCUT2D eigenvalue weighted by atomic mass is 35.5. The maximum atomic E-state index is 13.4. The van der Waals surface area contributed by atoms with E-state index in [-0.39, 0.29) is 23.9 Å². The first-order valence-corrected chi connectivity index (χ1v) is 15.0. The minimum Gasteiger partial charge on any atom is -0.493 e. The number of carbonyl (C=O) groups excluding carboxylic acids is 4. The summed E-state index contributed by atoms with van der Waals surface area (Å²) in [5.41, 5.74) is 1.94. The Kier molecular flexibility index (Phi) is 9.86. The maximum absolute atomic E-state index is 13.4. The Morgan fingerprint density at radius 2 is 1.58 bits per heavy atom. The quantitative estimate of drug-likeness (QED) is 0.157. The number of methoxy groups -OCH3 is 2. The second kappa shape index (κ2) is 14.1. The molecule has 2 N–H and O–H groups in total. The third kappa shape index (κ3) is 7.54. The van der Waals surface area contributed by atoms with E-state index in [1.165, 1.54) is 37.0 Å². The number of nitrogens with one attached hydrogen (secondary N) is 2. The Morgan fingerprint density at radius 1 is 0.889 bits per heavy atom. The monoisotopic (exact) mass is 641 g/mol. The summed E-state index contributed by atoms with van der Waals surface area (Å²) in [5, 5.41) is 5.45. The molecule has 11 heteroatoms. The predicted molar refractivity (Wildman–Crippen MR) is 175 cm³/mol. The first-order valence-electron chi connectivity index (χ1n) is 13.8. The van der Waals surface area contributed by atoms with E-state index in [2.05, 4.69) is 10.6 Å². The average Bonchev–Trinajstić information content (AvgIpc) is 3.33. The smallest absolute Gasteiger partial charge is 0.272 e. The summed E-state index contributed by atoms with van der Waals surface area (Å²) >= 11 is 7.22. The molecule has 0 aromatic heterocycles. The van der Waals surface area contributed by atoms with Crippen LogP contribution >= 0.6 is 23.4 Å². The molecule has 45 heavy (non-hydrogen) atoms. The lowest BCUT2D eigenvalue weighted by atomic mass is 10.1. The highest BCUT2D eigenvalue weighted by Gasteiger charge is 2.40. The number of hydrogen-bond acceptors (Lipinski definition) is 7. The van der Waals surface area contributed by atoms with Gasteiger partial charge in [0.1, 0.15) is 5.70 Å². The molecule has 9 nitrogen and oxygen atoms in total. The molecular weight excluding hydrogens is 614 g/mol. The van der Waals surface area contributed by atoms with E-state index in [9.17, 15) is 19.2 Å². The van der Waals surface area contributed by atoms with Crippen LogP contribution in [-0.2, 0) is 14.4 Å². The molecule has 0 bridgehead atoms. The molecule has 4 aromatic carbocycles. The van der Waals surface area contributed by atoms with Gasteiger partial charge in [0.2, 0.25) is 11.8 Å². The van der Waals surface area contributed by atoms with E-state index < -0.39 is 17.1 Å². The van der Waals surface area contributed by atoms with Gasteiger partial charge in [0.15, 0.2) is 11.5 Å². The molecule has 0 spiro atoms. The number of benzene rings is 4. The molecule has 1 fully saturated rings. The number of halogens is 1. The molecular formula is C34H28ClN3O6S. The lowest BCUT2D eigenvalue weighted by molar-refractivity contribution is -0.121. The van der Waals surface area contributed by atoms with Gasteiger partial charge in [-0.25, -0.2) is 4.90 Å². The predicted octanol–water partition coefficient (Wildman–Crippen LogP) is 6.19. The zero-order valence-corrected chi connectivity index (χ0v) is 25.9. The molecule has 0 radical (unpaired) electrons. The highest BCUT2D eigenvalue weighted by molar-refractivity contribution is 8.00. The fraction of sp³-hybridized carbons (Fsp3) is 0.118. The molecule has 1 aliphatic rings. The summed E-state index contributed by atoms with van der Waals surface area (Å²) < 4.78 is 10.7. The van der Waals surface area contributed by atoms with Crippen molar-refractivity contribution in [3.63, 3.8) is 0 Å². The van der Waals surface area contributed by atoms with E-state index in [4.69, 9.17) is 21.1 Å². The Morgan fingerprint density at radius 3 is 2.24 bits per heavy atom. The number of rotatable bonds is 10. The molecule has 4 aromatic rings. The normalized spacial score (nSPS) is 14.7. The first kappa shape index (κ1) is 31.4. The standard InChI is InChI=1S/C34H28ClN3O6S/c1-43-28-17-8-21(19-29(28)44-2)18-27(37-32(40)22-6-4-3-5-7-22)33(41)36-24-11-15-26(16-12-24)45-30-20-31(39)38(34(30)42)25-13-9-23(35)10-14-25/h3-19,30H,20H2,1-2H3,(H,36,41)(H,37,40)/b27-18-. The fourth-order valence-corrected chi connectivity index (χ4v) is 5.77. The minimum absolute atomic E-state index is 0.00637. The van der Waals surface area contributed by atoms with Crippen molar-refractivity contribution in [3.8, 4) is 11.5 Å². The second-order valence-corrected chi connectivity index (χ2v) is 11.5. The van der Waals surface area contributed by atoms with Gasteiger partial charge in [0.05, 0.1) is 25.2 Å². The van der Waals surface area contributed by atoms with Gasteiger partial charge in [-0.2, -0.15) is 0 Å². The third-order valence-corrected chi connectivity index (χ3v) is 8.28. The Balaban J connectivity index is 1.30. The summed E-state index contributed by atoms with van der Waals surface area (Å²) in [5.74, 6) is -0.600. The van der Waals surface area contributed by atoms with Crippen molar-refractivity contribution in [2.45, 2.75) is 16.6 Å². The third-order valence-electron chi connectivity index (χ3n) is 6.83. The Labute approximate surface area is 269 Å². The lowest BCUT2D eigenvalue weighted by Crippen LogP contribution is -2.31. The Bertz CT molecular complexity index is 1760. The highest BCUT2D eigenvalue weighted by Crippen LogP contribution is 2.35. The van der Waals surface area contributed by atoms with Crippen LogP contribution in [-0.4, -0.2) is 43.1 Å². The van der Waals surface area contributed by atoms with Crippen molar-refractivity contribution in [1.29, 1.82) is 0 Å². The van der Waals surface area contributed by atoms with Crippen LogP contribution in [0.25, 0.3) is 6.08 Å². The molecule has 5 rings (SSSR count). The molecule has 1 aliphatic heterocycles. The van der Waals surface area contributed by atoms with Crippen LogP contribution in [0.2, 0.25) is 5.02 Å². The first-order chi connectivity index (χ1) is 21.7. The summed E-state index contributed by atoms with van der Waals surface area (Å²) in [6.07, 6.45) is 1.60. The number of hydrogen-bond donors (Lipinski definition) is 2. The molecule has 1 atom stereocenters. The number of nitrogens with zero attached hydrogens (tertiary/aromatic N) is 1. The average molecular weight is 642 g/mol. The SMILES string of the molecule is COc1ccc(/C=C(\NC(=O)c2ccccc2)C(=O)Nc2ccc(SC3CC(=O)N(c4ccc(Cl)cc4)C3=O)cc2)cc1OC. The van der Waals surface area contributed by atoms with Crippen molar-refractivity contribution in [2.24, 2.45) is 0 Å². The summed E-state index contributed by atoms with van der Waals surface area (Å²) in [4.78, 5) is 54.0. The molecule has 0 aliphatic carbocycles. The van der Waals surface area contributed by atoms with E-state index in [0.29, 0.717) is 39.0 Å². The van der Waals surface area contributed by atoms with Crippen LogP contribution in [0.1, 0.15) is 22.3 Å². The largest absolute Gasteiger partial charge is 0.493 e. The number of amides is 4. The van der Waals surface area contributed by atoms with Gasteiger partial charge in [0, 0.05) is 27.6 Å². The van der Waals surface area contributed by atoms with Gasteiger partial charge in [-0.15, -0.1) is 11.8 Å². The second-order valence-electron chi connectivity index (χ2n) is 9.83. The van der Waals surface area contributed by atoms with E-state index in [1.807, 2.05) is 0 Å². The van der Waals surface area contributed by atoms with Crippen molar-refractivity contribution >= 4 is 64.4 Å². The van der Waals surface area contributed by atoms with E-state index in [1.54, 1.807) is 97.1 Å². The molecule has 1 saturated heterocycles. The van der Waals surface area contributed by atoms with Gasteiger partial charge in [-0.1, -0.05) is 35.9 Å². The van der Waals surface area contributed by atoms with Crippen LogP contribution in [0.15, 0.2) is 108 Å². The van der Waals surface area contributed by atoms with Crippen molar-refractivity contribution in [2.75, 3.05) is 24.4 Å². The maximum Gasteiger partial charge on any atom is 0.272 e. The zero-order valence-electron chi connectivity index (χ0n) is 24.3. The molecule has 1 unspecified atom stereocenters. The van der Waals surface area contributed by atoms with Crippen molar-refractivity contribution in [3.05, 3.63) is 119 Å². The lowest BCUT2D eigenvalue weighted by Gasteiger charge is -2.15. The van der Waals surface area contributed by atoms with Gasteiger partial charge in [-0.05, 0) is 84.4 Å². The number of thioether (sulfide) groups is 1. The number of anilines is 2. The van der Waals surface area contributed by atoms with Crippen molar-refractivity contribution in [1.82, 2.24) is 5.32 Å². The topological polar surface area (TPSA) is 114 Å². The van der Waals surface area contributed by atoms with Crippen LogP contribution in [0, 0.1) is 0 Å². The summed E-state index contributed by atoms with van der Waals surface area (Å²) in [6, 6.07) is 27.1. The molecule has 0 saturated carbocycles. The van der Waals surface area contributed by atoms with Gasteiger partial charge in [0.25, 0.3) is 11.8 Å². The number of imide groups is 1. The molecule has 228 valence electrons. The van der Waals surface area contributed by atoms with E-state index >= 15 is 0 Å². The zero-order chi connectivity index (χ0) is 31.9. The van der Waals surface area contributed by atoms with Crippen LogP contribution in [0.5, 0.6) is 11.5 Å². The number of carbonyl (C=O) groups is 4. The number of ether oxygens (including phenoxy) is 2. The van der Waals surface area contributed by atoms with Crippen molar-refractivity contribution < 1.29 is 28.7 Å². The molecule has 4 amide bonds. The summed E-state index contributed by atoms with van der Waals surface area (Å²) in [6.45, 7) is 0. The minimum atomic E-state index is -0.585. The molecule has 1 heterocycles. The van der Waals surface area contributed by atoms with Crippen LogP contribution < -0.4 is 25.0 Å². The van der Waals surface area contributed by atoms with Crippen LogP contribution in [0.4, 0.5) is 11.4 Å². The van der Waals surface area contributed by atoms with Crippen LogP contribution in [0.3, 0.4) is 0 Å². The Hall–Kier alpha value is -5.06. The van der Waals surface area contributed by atoms with Gasteiger partial charge in [-0.3, -0.25) is 19.2 Å². The van der Waals surface area contributed by atoms with Gasteiger partial charge >= 0.3 is 0 Å². The summed E-state index contributed by atoms with van der Waals surface area (Å²) in [7, 11) is 3.03.